The summed E-state index contributed by atoms with van der Waals surface area (Å²) in [4.78, 5) is 13.9. The number of likely N-dealkylation sites (tertiary alicyclic amines) is 1. The summed E-state index contributed by atoms with van der Waals surface area (Å²) in [6.07, 6.45) is 10.6. The Kier molecular flexibility index (Phi) is 8.85. The maximum absolute atomic E-state index is 11.5. The van der Waals surface area contributed by atoms with Gasteiger partial charge in [-0.1, -0.05) is 25.5 Å². The summed E-state index contributed by atoms with van der Waals surface area (Å²) in [5, 5.41) is 0. The molecule has 1 saturated carbocycles. The van der Waals surface area contributed by atoms with Crippen molar-refractivity contribution in [2.75, 3.05) is 26.2 Å². The number of ether oxygens (including phenoxy) is 2. The molecule has 0 spiro atoms. The highest BCUT2D eigenvalue weighted by Crippen LogP contribution is 2.32. The lowest BCUT2D eigenvalue weighted by Crippen LogP contribution is -2.34. The Bertz CT molecular complexity index is 599. The van der Waals surface area contributed by atoms with Gasteiger partial charge in [-0.15, -0.1) is 0 Å². The maximum Gasteiger partial charge on any atom is 0.305 e. The van der Waals surface area contributed by atoms with Crippen LogP contribution in [0.5, 0.6) is 5.75 Å². The Morgan fingerprint density at radius 3 is 2.31 bits per heavy atom. The summed E-state index contributed by atoms with van der Waals surface area (Å²) in [6.45, 7) is 7.88. The zero-order valence-corrected chi connectivity index (χ0v) is 18.4. The van der Waals surface area contributed by atoms with Crippen molar-refractivity contribution < 1.29 is 14.3 Å². The van der Waals surface area contributed by atoms with Crippen LogP contribution >= 0.6 is 0 Å². The van der Waals surface area contributed by atoms with Crippen LogP contribution in [0.2, 0.25) is 0 Å². The minimum atomic E-state index is -0.0666. The SMILES string of the molecule is CCOC(=O)CCCN1CCC(c2ccc(OC3CCC(CC)CC3)cc2)CC1. The largest absolute Gasteiger partial charge is 0.490 e. The Morgan fingerprint density at radius 1 is 1.00 bits per heavy atom. The van der Waals surface area contributed by atoms with Gasteiger partial charge in [-0.3, -0.25) is 4.79 Å². The molecule has 1 aliphatic heterocycles. The number of hydrogen-bond acceptors (Lipinski definition) is 4. The molecule has 2 fully saturated rings. The van der Waals surface area contributed by atoms with Crippen molar-refractivity contribution in [2.45, 2.75) is 83.7 Å². The van der Waals surface area contributed by atoms with E-state index in [1.54, 1.807) is 0 Å². The molecule has 1 aromatic rings. The second-order valence-electron chi connectivity index (χ2n) is 8.76. The third-order valence-corrected chi connectivity index (χ3v) is 6.77. The van der Waals surface area contributed by atoms with Gasteiger partial charge < -0.3 is 14.4 Å². The zero-order valence-electron chi connectivity index (χ0n) is 18.4. The predicted molar refractivity (Wildman–Crippen MR) is 117 cm³/mol. The van der Waals surface area contributed by atoms with Crippen LogP contribution in [0.25, 0.3) is 0 Å². The number of rotatable bonds is 9. The van der Waals surface area contributed by atoms with Gasteiger partial charge in [-0.05, 0) is 101 Å². The lowest BCUT2D eigenvalue weighted by Gasteiger charge is -2.32. The minimum absolute atomic E-state index is 0.0666. The second-order valence-corrected chi connectivity index (χ2v) is 8.76. The number of benzene rings is 1. The molecular weight excluding hydrogens is 362 g/mol. The number of carbonyl (C=O) groups is 1. The van der Waals surface area contributed by atoms with E-state index in [2.05, 4.69) is 36.1 Å². The van der Waals surface area contributed by atoms with Crippen LogP contribution in [-0.2, 0) is 9.53 Å². The molecular formula is C25H39NO3. The van der Waals surface area contributed by atoms with E-state index in [4.69, 9.17) is 9.47 Å². The smallest absolute Gasteiger partial charge is 0.305 e. The second kappa shape index (κ2) is 11.6. The van der Waals surface area contributed by atoms with Crippen molar-refractivity contribution in [2.24, 2.45) is 5.92 Å². The van der Waals surface area contributed by atoms with E-state index in [0.29, 0.717) is 25.0 Å². The molecule has 0 amide bonds. The number of piperidine rings is 1. The maximum atomic E-state index is 11.5. The van der Waals surface area contributed by atoms with E-state index in [1.807, 2.05) is 6.92 Å². The third-order valence-electron chi connectivity index (χ3n) is 6.77. The van der Waals surface area contributed by atoms with E-state index < -0.39 is 0 Å². The van der Waals surface area contributed by atoms with Crippen LogP contribution in [0.1, 0.15) is 83.1 Å². The molecule has 1 aromatic carbocycles. The fraction of sp³-hybridized carbons (Fsp3) is 0.720. The third kappa shape index (κ3) is 7.02. The quantitative estimate of drug-likeness (QED) is 0.508. The van der Waals surface area contributed by atoms with Crippen molar-refractivity contribution in [3.05, 3.63) is 29.8 Å². The minimum Gasteiger partial charge on any atom is -0.490 e. The van der Waals surface area contributed by atoms with Gasteiger partial charge in [0, 0.05) is 6.42 Å². The summed E-state index contributed by atoms with van der Waals surface area (Å²) in [7, 11) is 0. The zero-order chi connectivity index (χ0) is 20.5. The van der Waals surface area contributed by atoms with Crippen molar-refractivity contribution in [1.82, 2.24) is 4.90 Å². The van der Waals surface area contributed by atoms with Gasteiger partial charge in [0.1, 0.15) is 5.75 Å². The first-order chi connectivity index (χ1) is 14.2. The Morgan fingerprint density at radius 2 is 1.69 bits per heavy atom. The van der Waals surface area contributed by atoms with E-state index >= 15 is 0 Å². The molecule has 4 nitrogen and oxygen atoms in total. The summed E-state index contributed by atoms with van der Waals surface area (Å²) < 4.78 is 11.2. The average Bonchev–Trinajstić information content (AvgIpc) is 2.76. The Balaban J connectivity index is 1.37. The summed E-state index contributed by atoms with van der Waals surface area (Å²) in [6, 6.07) is 8.89. The summed E-state index contributed by atoms with van der Waals surface area (Å²) in [5.41, 5.74) is 1.44. The van der Waals surface area contributed by atoms with Crippen molar-refractivity contribution in [1.29, 1.82) is 0 Å². The highest BCUT2D eigenvalue weighted by Gasteiger charge is 2.22. The molecule has 2 aliphatic rings. The summed E-state index contributed by atoms with van der Waals surface area (Å²) in [5.74, 6) is 2.52. The number of nitrogens with zero attached hydrogens (tertiary/aromatic N) is 1. The van der Waals surface area contributed by atoms with Gasteiger partial charge in [0.15, 0.2) is 0 Å². The Hall–Kier alpha value is -1.55. The number of esters is 1. The van der Waals surface area contributed by atoms with Gasteiger partial charge in [0.25, 0.3) is 0 Å². The molecule has 0 radical (unpaired) electrons. The normalized spacial score (nSPS) is 23.7. The van der Waals surface area contributed by atoms with Crippen LogP contribution in [0.4, 0.5) is 0 Å². The van der Waals surface area contributed by atoms with Crippen LogP contribution in [0, 0.1) is 5.92 Å². The first kappa shape index (κ1) is 22.1. The molecule has 0 bridgehead atoms. The highest BCUT2D eigenvalue weighted by atomic mass is 16.5. The molecule has 1 saturated heterocycles. The fourth-order valence-electron chi connectivity index (χ4n) is 4.84. The van der Waals surface area contributed by atoms with Crippen molar-refractivity contribution in [3.63, 3.8) is 0 Å². The fourth-order valence-corrected chi connectivity index (χ4v) is 4.84. The summed E-state index contributed by atoms with van der Waals surface area (Å²) >= 11 is 0. The molecule has 3 rings (SSSR count). The Labute approximate surface area is 177 Å². The molecule has 0 unspecified atom stereocenters. The molecule has 162 valence electrons. The molecule has 29 heavy (non-hydrogen) atoms. The molecule has 1 aliphatic carbocycles. The van der Waals surface area contributed by atoms with Crippen LogP contribution in [0.3, 0.4) is 0 Å². The first-order valence-electron chi connectivity index (χ1n) is 11.8. The molecule has 0 atom stereocenters. The predicted octanol–water partition coefficient (Wildman–Crippen LogP) is 5.56. The standard InChI is InChI=1S/C25H39NO3/c1-3-20-7-11-23(12-8-20)29-24-13-9-21(10-14-24)22-15-18-26(19-16-22)17-5-6-25(27)28-4-2/h9-10,13-14,20,22-23H,3-8,11-12,15-19H2,1-2H3. The molecule has 1 heterocycles. The van der Waals surface area contributed by atoms with Gasteiger partial charge in [-0.2, -0.15) is 0 Å². The van der Waals surface area contributed by atoms with Gasteiger partial charge in [-0.25, -0.2) is 0 Å². The van der Waals surface area contributed by atoms with Gasteiger partial charge >= 0.3 is 5.97 Å². The van der Waals surface area contributed by atoms with Gasteiger partial charge in [0.2, 0.25) is 0 Å². The van der Waals surface area contributed by atoms with E-state index in [0.717, 1.165) is 37.7 Å². The highest BCUT2D eigenvalue weighted by molar-refractivity contribution is 5.69. The monoisotopic (exact) mass is 401 g/mol. The van der Waals surface area contributed by atoms with Gasteiger partial charge in [0.05, 0.1) is 12.7 Å². The average molecular weight is 402 g/mol. The van der Waals surface area contributed by atoms with E-state index in [9.17, 15) is 4.79 Å². The van der Waals surface area contributed by atoms with Crippen LogP contribution < -0.4 is 4.74 Å². The molecule has 0 N–H and O–H groups in total. The first-order valence-corrected chi connectivity index (χ1v) is 11.8. The number of hydrogen-bond donors (Lipinski definition) is 0. The lowest BCUT2D eigenvalue weighted by molar-refractivity contribution is -0.143. The number of carbonyl (C=O) groups excluding carboxylic acids is 1. The van der Waals surface area contributed by atoms with Crippen LogP contribution in [-0.4, -0.2) is 43.2 Å². The topological polar surface area (TPSA) is 38.8 Å². The van der Waals surface area contributed by atoms with Crippen molar-refractivity contribution >= 4 is 5.97 Å². The molecule has 0 aromatic heterocycles. The lowest BCUT2D eigenvalue weighted by atomic mass is 9.86. The van der Waals surface area contributed by atoms with Crippen molar-refractivity contribution in [3.8, 4) is 5.75 Å². The van der Waals surface area contributed by atoms with Crippen LogP contribution in [0.15, 0.2) is 24.3 Å². The van der Waals surface area contributed by atoms with E-state index in [1.165, 1.54) is 50.5 Å². The van der Waals surface area contributed by atoms with E-state index in [-0.39, 0.29) is 5.97 Å². The molecule has 4 heteroatoms.